The van der Waals surface area contributed by atoms with Gasteiger partial charge in [-0.2, -0.15) is 0 Å². The smallest absolute Gasteiger partial charge is 0.168 e. The lowest BCUT2D eigenvalue weighted by molar-refractivity contribution is 0.0441. The average molecular weight is 449 g/mol. The van der Waals surface area contributed by atoms with Gasteiger partial charge in [0.05, 0.1) is 0 Å². The predicted octanol–water partition coefficient (Wildman–Crippen LogP) is 3.75. The maximum Gasteiger partial charge on any atom is 0.168 e. The Kier molecular flexibility index (Phi) is 6.39. The lowest BCUT2D eigenvalue weighted by Gasteiger charge is -2.25. The normalized spacial score (nSPS) is 27.2. The van der Waals surface area contributed by atoms with Gasteiger partial charge >= 0.3 is 0 Å². The number of hydrogen-bond acceptors (Lipinski definition) is 6. The van der Waals surface area contributed by atoms with Gasteiger partial charge in [-0.1, -0.05) is 0 Å². The zero-order valence-corrected chi connectivity index (χ0v) is 18.8. The topological polar surface area (TPSA) is 70.6 Å². The number of Topliss-reactive ketones (excluding diaryl/α,β-unsaturated/α-hetero) is 1. The Morgan fingerprint density at radius 3 is 2.97 bits per heavy atom. The van der Waals surface area contributed by atoms with E-state index in [1.54, 1.807) is 11.3 Å². The van der Waals surface area contributed by atoms with E-state index in [0.29, 0.717) is 6.54 Å². The van der Waals surface area contributed by atoms with Crippen LogP contribution in [0.3, 0.4) is 0 Å². The molecule has 1 aromatic heterocycles. The molecule has 2 aliphatic carbocycles. The molecule has 0 spiro atoms. The Labute approximate surface area is 187 Å². The summed E-state index contributed by atoms with van der Waals surface area (Å²) >= 11 is 1.75. The molecule has 0 bridgehead atoms. The first kappa shape index (κ1) is 21.6. The van der Waals surface area contributed by atoms with Gasteiger partial charge in [-0.25, -0.2) is 0 Å². The molecule has 1 fully saturated rings. The Morgan fingerprint density at radius 1 is 1.23 bits per heavy atom. The number of hydrogen-bond donors (Lipinski definition) is 3. The summed E-state index contributed by atoms with van der Waals surface area (Å²) < 4.78 is 6.12. The summed E-state index contributed by atoms with van der Waals surface area (Å²) in [7, 11) is 0. The number of rotatable bonds is 5. The molecule has 1 aliphatic heterocycles. The van der Waals surface area contributed by atoms with E-state index >= 15 is 0 Å². The van der Waals surface area contributed by atoms with Crippen LogP contribution in [-0.2, 0) is 12.8 Å². The number of anilines is 1. The van der Waals surface area contributed by atoms with Crippen molar-refractivity contribution in [2.75, 3.05) is 18.4 Å². The van der Waals surface area contributed by atoms with E-state index < -0.39 is 6.10 Å². The lowest BCUT2D eigenvalue weighted by atomic mass is 9.87. The zero-order valence-electron chi connectivity index (χ0n) is 17.1. The first-order chi connectivity index (χ1) is 14.1. The number of nitrogens with one attached hydrogen (secondary N) is 2. The van der Waals surface area contributed by atoms with Crippen molar-refractivity contribution in [3.8, 4) is 5.75 Å². The number of carbonyl (C=O) groups excluding carboxylic acids is 1. The Bertz CT molecular complexity index is 931. The van der Waals surface area contributed by atoms with Crippen LogP contribution in [0, 0.1) is 12.8 Å². The zero-order chi connectivity index (χ0) is 20.0. The van der Waals surface area contributed by atoms with E-state index in [1.165, 1.54) is 21.0 Å². The van der Waals surface area contributed by atoms with Crippen LogP contribution in [0.2, 0.25) is 0 Å². The summed E-state index contributed by atoms with van der Waals surface area (Å²) in [6.07, 6.45) is 3.82. The standard InChI is InChI=1S/C23H28N2O3S.ClH/c1-13-10-17-21(29-13)7-2-15(22(17)26)12-25-19-5-6-20(23(19)27)28-16-3-4-18-14(11-16)8-9-24-18;/h3-4,10-11,15,19-20,23-25,27H,2,5-9,12H2,1H3;1H. The van der Waals surface area contributed by atoms with Crippen molar-refractivity contribution in [3.05, 3.63) is 45.1 Å². The second-order valence-electron chi connectivity index (χ2n) is 8.53. The largest absolute Gasteiger partial charge is 0.488 e. The van der Waals surface area contributed by atoms with Crippen molar-refractivity contribution in [1.29, 1.82) is 0 Å². The second-order valence-corrected chi connectivity index (χ2v) is 9.87. The average Bonchev–Trinajstić information content (AvgIpc) is 3.41. The monoisotopic (exact) mass is 448 g/mol. The highest BCUT2D eigenvalue weighted by Gasteiger charge is 2.37. The van der Waals surface area contributed by atoms with E-state index in [9.17, 15) is 9.90 Å². The number of aliphatic hydroxyl groups excluding tert-OH is 1. The fraction of sp³-hybridized carbons (Fsp3) is 0.522. The quantitative estimate of drug-likeness (QED) is 0.649. The fourth-order valence-electron chi connectivity index (χ4n) is 4.93. The molecule has 162 valence electrons. The van der Waals surface area contributed by atoms with Gasteiger partial charge in [-0.15, -0.1) is 23.7 Å². The number of ketones is 1. The Hall–Kier alpha value is -1.60. The van der Waals surface area contributed by atoms with Crippen molar-refractivity contribution in [1.82, 2.24) is 5.32 Å². The highest BCUT2D eigenvalue weighted by atomic mass is 35.5. The van der Waals surface area contributed by atoms with Crippen LogP contribution in [-0.4, -0.2) is 42.2 Å². The number of halogens is 1. The van der Waals surface area contributed by atoms with Gasteiger partial charge in [-0.05, 0) is 68.9 Å². The van der Waals surface area contributed by atoms with Crippen molar-refractivity contribution in [2.24, 2.45) is 5.92 Å². The molecule has 5 rings (SSSR count). The van der Waals surface area contributed by atoms with Crippen molar-refractivity contribution < 1.29 is 14.6 Å². The van der Waals surface area contributed by atoms with Gasteiger partial charge in [0.1, 0.15) is 18.0 Å². The van der Waals surface area contributed by atoms with Gasteiger partial charge in [0.2, 0.25) is 0 Å². The van der Waals surface area contributed by atoms with Crippen molar-refractivity contribution in [2.45, 2.75) is 57.3 Å². The molecular weight excluding hydrogens is 420 g/mol. The SMILES string of the molecule is Cc1cc2c(s1)CCC(CNC1CCC(Oc3ccc4c(c3)CCN4)C1O)C2=O.Cl. The van der Waals surface area contributed by atoms with E-state index in [4.69, 9.17) is 4.74 Å². The molecule has 30 heavy (non-hydrogen) atoms. The van der Waals surface area contributed by atoms with Crippen molar-refractivity contribution in [3.63, 3.8) is 0 Å². The Balaban J connectivity index is 0.00000218. The third-order valence-electron chi connectivity index (χ3n) is 6.54. The molecule has 1 aromatic carbocycles. The van der Waals surface area contributed by atoms with Crippen LogP contribution in [0.4, 0.5) is 5.69 Å². The first-order valence-corrected chi connectivity index (χ1v) is 11.5. The van der Waals surface area contributed by atoms with E-state index in [-0.39, 0.29) is 36.3 Å². The summed E-state index contributed by atoms with van der Waals surface area (Å²) in [6, 6.07) is 8.14. The van der Waals surface area contributed by atoms with Crippen LogP contribution >= 0.6 is 23.7 Å². The molecule has 4 unspecified atom stereocenters. The number of benzene rings is 1. The predicted molar refractivity (Wildman–Crippen MR) is 123 cm³/mol. The lowest BCUT2D eigenvalue weighted by Crippen LogP contribution is -2.44. The third kappa shape index (κ3) is 4.11. The highest BCUT2D eigenvalue weighted by molar-refractivity contribution is 7.12. The van der Waals surface area contributed by atoms with Gasteiger partial charge < -0.3 is 20.5 Å². The second kappa shape index (κ2) is 8.87. The molecule has 3 N–H and O–H groups in total. The van der Waals surface area contributed by atoms with E-state index in [2.05, 4.69) is 29.7 Å². The van der Waals surface area contributed by atoms with E-state index in [1.807, 2.05) is 12.1 Å². The molecule has 0 amide bonds. The molecule has 1 saturated carbocycles. The number of aliphatic hydroxyl groups is 1. The van der Waals surface area contributed by atoms with Crippen molar-refractivity contribution >= 4 is 35.2 Å². The molecule has 0 radical (unpaired) electrons. The molecule has 3 aliphatic rings. The highest BCUT2D eigenvalue weighted by Crippen LogP contribution is 2.33. The van der Waals surface area contributed by atoms with Crippen LogP contribution in [0.5, 0.6) is 5.75 Å². The Morgan fingerprint density at radius 2 is 2.10 bits per heavy atom. The minimum atomic E-state index is -0.556. The molecule has 2 heterocycles. The molecule has 5 nitrogen and oxygen atoms in total. The van der Waals surface area contributed by atoms with Crippen LogP contribution < -0.4 is 15.4 Å². The molecule has 2 aromatic rings. The number of fused-ring (bicyclic) bond motifs is 2. The van der Waals surface area contributed by atoms with Crippen LogP contribution in [0.1, 0.15) is 44.9 Å². The number of ether oxygens (including phenoxy) is 1. The fourth-order valence-corrected chi connectivity index (χ4v) is 5.98. The van der Waals surface area contributed by atoms with Crippen LogP contribution in [0.25, 0.3) is 0 Å². The van der Waals surface area contributed by atoms with E-state index in [0.717, 1.165) is 50.0 Å². The maximum atomic E-state index is 12.8. The summed E-state index contributed by atoms with van der Waals surface area (Å²) in [5, 5.41) is 17.6. The molecule has 7 heteroatoms. The summed E-state index contributed by atoms with van der Waals surface area (Å²) in [5.41, 5.74) is 3.39. The number of aryl methyl sites for hydroxylation is 2. The van der Waals surface area contributed by atoms with Gasteiger partial charge in [0, 0.05) is 46.1 Å². The summed E-state index contributed by atoms with van der Waals surface area (Å²) in [6.45, 7) is 3.67. The number of carbonyl (C=O) groups is 1. The van der Waals surface area contributed by atoms with Gasteiger partial charge in [0.15, 0.2) is 5.78 Å². The molecular formula is C23H29ClN2O3S. The minimum Gasteiger partial charge on any atom is -0.488 e. The molecule has 0 saturated heterocycles. The third-order valence-corrected chi connectivity index (χ3v) is 7.65. The first-order valence-electron chi connectivity index (χ1n) is 10.7. The van der Waals surface area contributed by atoms with Crippen LogP contribution in [0.15, 0.2) is 24.3 Å². The molecule has 4 atom stereocenters. The maximum absolute atomic E-state index is 12.8. The summed E-state index contributed by atoms with van der Waals surface area (Å²) in [5.74, 6) is 1.10. The summed E-state index contributed by atoms with van der Waals surface area (Å²) in [4.78, 5) is 15.2. The van der Waals surface area contributed by atoms with Gasteiger partial charge in [0.25, 0.3) is 0 Å². The minimum absolute atomic E-state index is 0. The van der Waals surface area contributed by atoms with Gasteiger partial charge in [-0.3, -0.25) is 4.79 Å². The number of thiophene rings is 1.